The monoisotopic (exact) mass is 511 g/mol. The molecule has 0 bridgehead atoms. The zero-order valence-corrected chi connectivity index (χ0v) is 20.5. The number of aryl methyl sites for hydroxylation is 1. The molecule has 0 aliphatic rings. The molecular formula is C21H20Cl3N5O2S. The topological polar surface area (TPSA) is 88.9 Å². The molecule has 1 heterocycles. The van der Waals surface area contributed by atoms with Crippen molar-refractivity contribution in [2.45, 2.75) is 25.0 Å². The quantitative estimate of drug-likeness (QED) is 0.419. The van der Waals surface area contributed by atoms with Gasteiger partial charge in [-0.15, -0.1) is 10.2 Å². The molecule has 1 aromatic heterocycles. The number of anilines is 1. The molecule has 11 heteroatoms. The lowest BCUT2D eigenvalue weighted by Crippen LogP contribution is -2.29. The number of halogens is 3. The third-order valence-corrected chi connectivity index (χ3v) is 6.43. The van der Waals surface area contributed by atoms with Crippen LogP contribution in [0.5, 0.6) is 0 Å². The Morgan fingerprint density at radius 3 is 2.44 bits per heavy atom. The highest BCUT2D eigenvalue weighted by Gasteiger charge is 2.20. The molecular weight excluding hydrogens is 493 g/mol. The Morgan fingerprint density at radius 2 is 1.78 bits per heavy atom. The van der Waals surface area contributed by atoms with Crippen LogP contribution in [0, 0.1) is 6.92 Å². The van der Waals surface area contributed by atoms with Gasteiger partial charge in [-0.05, 0) is 37.6 Å². The van der Waals surface area contributed by atoms with E-state index >= 15 is 0 Å². The van der Waals surface area contributed by atoms with Crippen LogP contribution >= 0.6 is 46.6 Å². The van der Waals surface area contributed by atoms with Crippen LogP contribution in [-0.2, 0) is 11.8 Å². The molecule has 0 saturated carbocycles. The fourth-order valence-corrected chi connectivity index (χ4v) is 4.59. The third kappa shape index (κ3) is 5.75. The number of carbonyl (C=O) groups excluding carboxylic acids is 2. The molecule has 0 aliphatic carbocycles. The number of thioether (sulfide) groups is 1. The van der Waals surface area contributed by atoms with Crippen LogP contribution in [0.15, 0.2) is 41.6 Å². The molecule has 7 nitrogen and oxygen atoms in total. The molecule has 0 saturated heterocycles. The maximum Gasteiger partial charge on any atom is 0.252 e. The summed E-state index contributed by atoms with van der Waals surface area (Å²) in [6.07, 6.45) is 0. The zero-order valence-electron chi connectivity index (χ0n) is 17.4. The lowest BCUT2D eigenvalue weighted by atomic mass is 10.1. The zero-order chi connectivity index (χ0) is 23.4. The van der Waals surface area contributed by atoms with Gasteiger partial charge >= 0.3 is 0 Å². The molecule has 1 atom stereocenters. The average molecular weight is 513 g/mol. The van der Waals surface area contributed by atoms with Gasteiger partial charge in [-0.2, -0.15) is 0 Å². The van der Waals surface area contributed by atoms with Crippen LogP contribution in [0.2, 0.25) is 15.1 Å². The Hall–Kier alpha value is -2.26. The minimum Gasteiger partial charge on any atom is -0.342 e. The molecule has 2 amide bonds. The van der Waals surface area contributed by atoms with Crippen molar-refractivity contribution in [2.75, 3.05) is 11.1 Å². The van der Waals surface area contributed by atoms with Crippen LogP contribution in [0.25, 0.3) is 0 Å². The van der Waals surface area contributed by atoms with Gasteiger partial charge in [0.15, 0.2) is 11.0 Å². The summed E-state index contributed by atoms with van der Waals surface area (Å²) < 4.78 is 1.74. The van der Waals surface area contributed by atoms with Crippen molar-refractivity contribution >= 4 is 64.1 Å². The highest BCUT2D eigenvalue weighted by atomic mass is 35.5. The van der Waals surface area contributed by atoms with Gasteiger partial charge in [0.1, 0.15) is 0 Å². The van der Waals surface area contributed by atoms with Crippen molar-refractivity contribution in [3.63, 3.8) is 0 Å². The van der Waals surface area contributed by atoms with Gasteiger partial charge in [-0.25, -0.2) is 0 Å². The second kappa shape index (κ2) is 10.6. The van der Waals surface area contributed by atoms with E-state index in [1.54, 1.807) is 17.7 Å². The van der Waals surface area contributed by atoms with Crippen molar-refractivity contribution in [1.29, 1.82) is 0 Å². The Kier molecular flexibility index (Phi) is 8.05. The summed E-state index contributed by atoms with van der Waals surface area (Å²) in [6.45, 7) is 3.71. The molecule has 32 heavy (non-hydrogen) atoms. The van der Waals surface area contributed by atoms with Crippen molar-refractivity contribution in [3.05, 3.63) is 68.4 Å². The summed E-state index contributed by atoms with van der Waals surface area (Å²) in [5, 5.41) is 15.3. The lowest BCUT2D eigenvalue weighted by Gasteiger charge is -2.14. The van der Waals surface area contributed by atoms with Crippen LogP contribution < -0.4 is 10.6 Å². The number of amides is 2. The first kappa shape index (κ1) is 24.4. The second-order valence-electron chi connectivity index (χ2n) is 6.99. The summed E-state index contributed by atoms with van der Waals surface area (Å²) in [4.78, 5) is 24.9. The normalized spacial score (nSPS) is 11.8. The predicted octanol–water partition coefficient (Wildman–Crippen LogP) is 5.31. The van der Waals surface area contributed by atoms with Crippen LogP contribution in [0.3, 0.4) is 0 Å². The van der Waals surface area contributed by atoms with E-state index in [1.807, 2.05) is 32.0 Å². The van der Waals surface area contributed by atoms with Gasteiger partial charge < -0.3 is 15.2 Å². The lowest BCUT2D eigenvalue weighted by molar-refractivity contribution is -0.113. The van der Waals surface area contributed by atoms with Crippen LogP contribution in [0.4, 0.5) is 5.69 Å². The first-order valence-corrected chi connectivity index (χ1v) is 11.6. The minimum atomic E-state index is -0.380. The van der Waals surface area contributed by atoms with E-state index < -0.39 is 0 Å². The molecule has 0 aliphatic heterocycles. The standard InChI is InChI=1S/C21H20Cl3N5O2S/c1-11-6-4-5-7-14(11)20(31)25-12(2)19-27-28-21(29(19)3)32-10-17(30)26-18-15(23)8-13(22)9-16(18)24/h4-9,12H,10H2,1-3H3,(H,25,31)(H,26,30)/t12-/m0/s1. The van der Waals surface area contributed by atoms with Crippen molar-refractivity contribution in [1.82, 2.24) is 20.1 Å². The van der Waals surface area contributed by atoms with Crippen molar-refractivity contribution in [3.8, 4) is 0 Å². The van der Waals surface area contributed by atoms with Crippen LogP contribution in [-0.4, -0.2) is 32.3 Å². The van der Waals surface area contributed by atoms with Gasteiger partial charge in [0.2, 0.25) is 5.91 Å². The summed E-state index contributed by atoms with van der Waals surface area (Å²) >= 11 is 19.3. The van der Waals surface area contributed by atoms with Crippen molar-refractivity contribution in [2.24, 2.45) is 7.05 Å². The predicted molar refractivity (Wildman–Crippen MR) is 129 cm³/mol. The Labute approximate surface area is 204 Å². The summed E-state index contributed by atoms with van der Waals surface area (Å²) in [7, 11) is 1.78. The molecule has 3 rings (SSSR count). The number of aromatic nitrogens is 3. The number of hydrogen-bond acceptors (Lipinski definition) is 5. The van der Waals surface area contributed by atoms with Gasteiger partial charge in [0.05, 0.1) is 27.5 Å². The smallest absolute Gasteiger partial charge is 0.252 e. The summed E-state index contributed by atoms with van der Waals surface area (Å²) in [5.41, 5.74) is 1.79. The van der Waals surface area contributed by atoms with Gasteiger partial charge in [0, 0.05) is 17.6 Å². The molecule has 3 aromatic rings. The summed E-state index contributed by atoms with van der Waals surface area (Å²) in [6, 6.07) is 9.97. The van der Waals surface area contributed by atoms with Crippen LogP contribution in [0.1, 0.15) is 34.7 Å². The molecule has 2 N–H and O–H groups in total. The molecule has 0 spiro atoms. The largest absolute Gasteiger partial charge is 0.342 e. The van der Waals surface area contributed by atoms with E-state index in [9.17, 15) is 9.59 Å². The van der Waals surface area contributed by atoms with E-state index in [0.717, 1.165) is 5.56 Å². The van der Waals surface area contributed by atoms with E-state index in [1.165, 1.54) is 23.9 Å². The maximum atomic E-state index is 12.6. The molecule has 168 valence electrons. The first-order valence-electron chi connectivity index (χ1n) is 9.50. The highest BCUT2D eigenvalue weighted by molar-refractivity contribution is 7.99. The van der Waals surface area contributed by atoms with E-state index in [2.05, 4.69) is 20.8 Å². The number of nitrogens with zero attached hydrogens (tertiary/aromatic N) is 3. The van der Waals surface area contributed by atoms with Crippen molar-refractivity contribution < 1.29 is 9.59 Å². The fourth-order valence-electron chi connectivity index (χ4n) is 2.96. The number of rotatable bonds is 7. The molecule has 2 aromatic carbocycles. The molecule has 0 fully saturated rings. The SMILES string of the molecule is Cc1ccccc1C(=O)N[C@@H](C)c1nnc(SCC(=O)Nc2c(Cl)cc(Cl)cc2Cl)n1C. The summed E-state index contributed by atoms with van der Waals surface area (Å²) in [5.74, 6) is 0.125. The Morgan fingerprint density at radius 1 is 1.12 bits per heavy atom. The van der Waals surface area contributed by atoms with Gasteiger partial charge in [0.25, 0.3) is 5.91 Å². The second-order valence-corrected chi connectivity index (χ2v) is 9.18. The number of carbonyl (C=O) groups is 2. The third-order valence-electron chi connectivity index (χ3n) is 4.60. The fraction of sp³-hybridized carbons (Fsp3) is 0.238. The number of nitrogens with one attached hydrogen (secondary N) is 2. The maximum absolute atomic E-state index is 12.6. The number of benzene rings is 2. The minimum absolute atomic E-state index is 0.0607. The first-order chi connectivity index (χ1) is 15.2. The molecule has 0 radical (unpaired) electrons. The molecule has 0 unspecified atom stereocenters. The van der Waals surface area contributed by atoms with Gasteiger partial charge in [-0.1, -0.05) is 64.8 Å². The highest BCUT2D eigenvalue weighted by Crippen LogP contribution is 2.33. The Balaban J connectivity index is 1.61. The van der Waals surface area contributed by atoms with E-state index in [0.29, 0.717) is 27.3 Å². The van der Waals surface area contributed by atoms with E-state index in [-0.39, 0.29) is 33.7 Å². The average Bonchev–Trinajstić information content (AvgIpc) is 3.09. The number of hydrogen-bond donors (Lipinski definition) is 2. The van der Waals surface area contributed by atoms with Gasteiger partial charge in [-0.3, -0.25) is 9.59 Å². The van der Waals surface area contributed by atoms with E-state index in [4.69, 9.17) is 34.8 Å². The Bertz CT molecular complexity index is 1150.